The molecule has 0 aliphatic carbocycles. The normalized spacial score (nSPS) is 11.1. The molecule has 0 atom stereocenters. The highest BCUT2D eigenvalue weighted by Crippen LogP contribution is 2.30. The Kier molecular flexibility index (Phi) is 5.25. The first kappa shape index (κ1) is 17.3. The topological polar surface area (TPSA) is 92.5 Å². The number of carbonyl (C=O) groups is 1. The maximum absolute atomic E-state index is 12.9. The Morgan fingerprint density at radius 3 is 2.43 bits per heavy atom. The van der Waals surface area contributed by atoms with Crippen LogP contribution in [-0.2, 0) is 14.8 Å². The van der Waals surface area contributed by atoms with Crippen molar-refractivity contribution in [2.75, 3.05) is 10.8 Å². The summed E-state index contributed by atoms with van der Waals surface area (Å²) in [5.41, 5.74) is 2.82. The van der Waals surface area contributed by atoms with Gasteiger partial charge < -0.3 is 0 Å². The second kappa shape index (κ2) is 6.99. The molecule has 3 N–H and O–H groups in total. The zero-order chi connectivity index (χ0) is 17.0. The van der Waals surface area contributed by atoms with Crippen molar-refractivity contribution in [2.24, 2.45) is 5.84 Å². The van der Waals surface area contributed by atoms with Crippen molar-refractivity contribution in [1.29, 1.82) is 0 Å². The second-order valence-corrected chi connectivity index (χ2v) is 7.05. The number of benzene rings is 2. The van der Waals surface area contributed by atoms with Crippen molar-refractivity contribution in [3.05, 3.63) is 59.1 Å². The lowest BCUT2D eigenvalue weighted by atomic mass is 10.2. The molecule has 0 unspecified atom stereocenters. The van der Waals surface area contributed by atoms with Crippen LogP contribution in [-0.4, -0.2) is 20.9 Å². The van der Waals surface area contributed by atoms with E-state index in [9.17, 15) is 13.2 Å². The van der Waals surface area contributed by atoms with Gasteiger partial charge in [0.15, 0.2) is 0 Å². The maximum atomic E-state index is 12.9. The SMILES string of the molecule is Cc1c(Cl)cccc1N(CC(=O)NN)S(=O)(=O)c1ccccc1. The highest BCUT2D eigenvalue weighted by molar-refractivity contribution is 7.92. The summed E-state index contributed by atoms with van der Waals surface area (Å²) in [5.74, 6) is 4.47. The van der Waals surface area contributed by atoms with Crippen LogP contribution in [0.5, 0.6) is 0 Å². The molecule has 0 saturated heterocycles. The fourth-order valence-electron chi connectivity index (χ4n) is 2.06. The molecule has 2 aromatic rings. The lowest BCUT2D eigenvalue weighted by Crippen LogP contribution is -2.43. The van der Waals surface area contributed by atoms with E-state index in [1.54, 1.807) is 43.3 Å². The van der Waals surface area contributed by atoms with Gasteiger partial charge in [0.2, 0.25) is 0 Å². The van der Waals surface area contributed by atoms with Crippen molar-refractivity contribution in [2.45, 2.75) is 11.8 Å². The first-order valence-electron chi connectivity index (χ1n) is 6.70. The van der Waals surface area contributed by atoms with Gasteiger partial charge in [-0.3, -0.25) is 14.5 Å². The summed E-state index contributed by atoms with van der Waals surface area (Å²) in [4.78, 5) is 11.8. The van der Waals surface area contributed by atoms with Gasteiger partial charge in [0.25, 0.3) is 15.9 Å². The van der Waals surface area contributed by atoms with Crippen LogP contribution < -0.4 is 15.6 Å². The first-order valence-corrected chi connectivity index (χ1v) is 8.52. The average molecular weight is 354 g/mol. The fourth-order valence-corrected chi connectivity index (χ4v) is 3.73. The van der Waals surface area contributed by atoms with Crippen LogP contribution >= 0.6 is 11.6 Å². The van der Waals surface area contributed by atoms with E-state index in [2.05, 4.69) is 0 Å². The zero-order valence-electron chi connectivity index (χ0n) is 12.4. The number of sulfonamides is 1. The summed E-state index contributed by atoms with van der Waals surface area (Å²) < 4.78 is 26.8. The number of halogens is 1. The third-order valence-electron chi connectivity index (χ3n) is 3.29. The number of nitrogens with zero attached hydrogens (tertiary/aromatic N) is 1. The summed E-state index contributed by atoms with van der Waals surface area (Å²) in [5, 5.41) is 0.406. The average Bonchev–Trinajstić information content (AvgIpc) is 2.56. The minimum Gasteiger partial charge on any atom is -0.293 e. The molecular weight excluding hydrogens is 338 g/mol. The molecule has 0 aliphatic rings. The van der Waals surface area contributed by atoms with Crippen molar-refractivity contribution in [3.8, 4) is 0 Å². The van der Waals surface area contributed by atoms with Gasteiger partial charge in [-0.25, -0.2) is 14.3 Å². The van der Waals surface area contributed by atoms with Gasteiger partial charge >= 0.3 is 0 Å². The number of hydrazine groups is 1. The maximum Gasteiger partial charge on any atom is 0.264 e. The Balaban J connectivity index is 2.59. The predicted octanol–water partition coefficient (Wildman–Crippen LogP) is 1.83. The van der Waals surface area contributed by atoms with Crippen LogP contribution in [0, 0.1) is 6.92 Å². The molecule has 0 bridgehead atoms. The van der Waals surface area contributed by atoms with Crippen LogP contribution in [0.15, 0.2) is 53.4 Å². The Bertz CT molecular complexity index is 810. The number of hydrogen-bond donors (Lipinski definition) is 2. The van der Waals surface area contributed by atoms with Gasteiger partial charge in [0, 0.05) is 5.02 Å². The summed E-state index contributed by atoms with van der Waals surface area (Å²) in [6.45, 7) is 1.24. The van der Waals surface area contributed by atoms with Crippen molar-refractivity contribution in [3.63, 3.8) is 0 Å². The zero-order valence-corrected chi connectivity index (χ0v) is 13.9. The third kappa shape index (κ3) is 3.64. The Hall–Kier alpha value is -2.09. The Morgan fingerprint density at radius 2 is 1.83 bits per heavy atom. The lowest BCUT2D eigenvalue weighted by Gasteiger charge is -2.25. The summed E-state index contributed by atoms with van der Waals surface area (Å²) in [6, 6.07) is 12.7. The van der Waals surface area contributed by atoms with E-state index < -0.39 is 22.5 Å². The second-order valence-electron chi connectivity index (χ2n) is 4.78. The number of carbonyl (C=O) groups excluding carboxylic acids is 1. The molecule has 6 nitrogen and oxygen atoms in total. The quantitative estimate of drug-likeness (QED) is 0.487. The molecule has 2 rings (SSSR count). The van der Waals surface area contributed by atoms with Crippen LogP contribution in [0.2, 0.25) is 5.02 Å². The highest BCUT2D eigenvalue weighted by Gasteiger charge is 2.28. The molecule has 0 fully saturated rings. The van der Waals surface area contributed by atoms with E-state index in [4.69, 9.17) is 17.4 Å². The lowest BCUT2D eigenvalue weighted by molar-refractivity contribution is -0.119. The number of hydrogen-bond acceptors (Lipinski definition) is 4. The molecule has 122 valence electrons. The first-order chi connectivity index (χ1) is 10.9. The largest absolute Gasteiger partial charge is 0.293 e. The smallest absolute Gasteiger partial charge is 0.264 e. The number of nitrogens with one attached hydrogen (secondary N) is 1. The van der Waals surface area contributed by atoms with E-state index in [0.717, 1.165) is 4.31 Å². The molecule has 0 radical (unpaired) electrons. The molecule has 0 saturated carbocycles. The van der Waals surface area contributed by atoms with Crippen LogP contribution in [0.3, 0.4) is 0 Å². The molecular formula is C15H16ClN3O3S. The van der Waals surface area contributed by atoms with E-state index >= 15 is 0 Å². The molecule has 1 amide bonds. The van der Waals surface area contributed by atoms with Crippen LogP contribution in [0.25, 0.3) is 0 Å². The molecule has 23 heavy (non-hydrogen) atoms. The van der Waals surface area contributed by atoms with E-state index in [-0.39, 0.29) is 4.90 Å². The van der Waals surface area contributed by atoms with Crippen LogP contribution in [0.4, 0.5) is 5.69 Å². The minimum absolute atomic E-state index is 0.0733. The van der Waals surface area contributed by atoms with Gasteiger partial charge in [-0.2, -0.15) is 0 Å². The molecule has 8 heteroatoms. The fraction of sp³-hybridized carbons (Fsp3) is 0.133. The van der Waals surface area contributed by atoms with Crippen molar-refractivity contribution in [1.82, 2.24) is 5.43 Å². The molecule has 0 heterocycles. The van der Waals surface area contributed by atoms with Crippen LogP contribution in [0.1, 0.15) is 5.56 Å². The van der Waals surface area contributed by atoms with Crippen molar-refractivity contribution < 1.29 is 13.2 Å². The van der Waals surface area contributed by atoms with E-state index in [0.29, 0.717) is 16.3 Å². The third-order valence-corrected chi connectivity index (χ3v) is 5.47. The highest BCUT2D eigenvalue weighted by atomic mass is 35.5. The van der Waals surface area contributed by atoms with Gasteiger partial charge in [0.05, 0.1) is 10.6 Å². The number of anilines is 1. The summed E-state index contributed by atoms with van der Waals surface area (Å²) >= 11 is 6.08. The molecule has 0 spiro atoms. The Labute approximate surface area is 139 Å². The number of rotatable bonds is 5. The standard InChI is InChI=1S/C15H16ClN3O3S/c1-11-13(16)8-5-9-14(11)19(10-15(20)18-17)23(21,22)12-6-3-2-4-7-12/h2-9H,10,17H2,1H3,(H,18,20). The van der Waals surface area contributed by atoms with E-state index in [1.807, 2.05) is 5.43 Å². The molecule has 0 aromatic heterocycles. The van der Waals surface area contributed by atoms with E-state index in [1.165, 1.54) is 12.1 Å². The summed E-state index contributed by atoms with van der Waals surface area (Å²) in [6.07, 6.45) is 0. The van der Waals surface area contributed by atoms with Gasteiger partial charge in [-0.1, -0.05) is 35.9 Å². The minimum atomic E-state index is -3.94. The van der Waals surface area contributed by atoms with Gasteiger partial charge in [-0.15, -0.1) is 0 Å². The van der Waals surface area contributed by atoms with Crippen molar-refractivity contribution >= 4 is 33.2 Å². The Morgan fingerprint density at radius 1 is 1.17 bits per heavy atom. The molecule has 2 aromatic carbocycles. The number of nitrogens with two attached hydrogens (primary N) is 1. The molecule has 0 aliphatic heterocycles. The predicted molar refractivity (Wildman–Crippen MR) is 89.5 cm³/mol. The summed E-state index contributed by atoms with van der Waals surface area (Å²) in [7, 11) is -3.94. The van der Waals surface area contributed by atoms with Gasteiger partial charge in [0.1, 0.15) is 6.54 Å². The number of amides is 1. The van der Waals surface area contributed by atoms with Gasteiger partial charge in [-0.05, 0) is 36.8 Å². The monoisotopic (exact) mass is 353 g/mol.